The van der Waals surface area contributed by atoms with Crippen LogP contribution in [0.15, 0.2) is 97.1 Å². The topological polar surface area (TPSA) is 84.1 Å². The lowest BCUT2D eigenvalue weighted by atomic mass is 10.0. The average molecular weight is 813 g/mol. The molecule has 2 saturated heterocycles. The quantitative estimate of drug-likeness (QED) is 0.0408. The van der Waals surface area contributed by atoms with Crippen LogP contribution in [0.2, 0.25) is 0 Å². The molecule has 2 atom stereocenters. The highest BCUT2D eigenvalue weighted by Gasteiger charge is 2.23. The molecule has 318 valence electrons. The van der Waals surface area contributed by atoms with E-state index >= 15 is 0 Å². The van der Waals surface area contributed by atoms with E-state index in [1.807, 2.05) is 94.7 Å². The minimum atomic E-state index is -0.0259. The summed E-state index contributed by atoms with van der Waals surface area (Å²) in [7, 11) is 0. The van der Waals surface area contributed by atoms with Crippen LogP contribution in [0.5, 0.6) is 11.5 Å². The van der Waals surface area contributed by atoms with Crippen molar-refractivity contribution < 1.29 is 28.5 Å². The van der Waals surface area contributed by atoms with Crippen molar-refractivity contribution in [2.24, 2.45) is 0 Å². The van der Waals surface area contributed by atoms with Gasteiger partial charge in [0.25, 0.3) is 11.8 Å². The molecule has 60 heavy (non-hydrogen) atoms. The number of unbranched alkanes of at least 4 members (excludes halogenated alkanes) is 8. The number of carbonyl (C=O) groups is 2. The van der Waals surface area contributed by atoms with Crippen LogP contribution >= 0.6 is 0 Å². The van der Waals surface area contributed by atoms with Crippen molar-refractivity contribution in [2.75, 3.05) is 49.3 Å². The second kappa shape index (κ2) is 22.1. The normalized spacial score (nSPS) is 15.6. The van der Waals surface area contributed by atoms with Crippen molar-refractivity contribution >= 4 is 44.7 Å². The minimum Gasteiger partial charge on any atom is -0.494 e. The second-order valence-corrected chi connectivity index (χ2v) is 16.6. The van der Waals surface area contributed by atoms with Gasteiger partial charge in [-0.3, -0.25) is 9.59 Å². The van der Waals surface area contributed by atoms with Crippen LogP contribution in [0.25, 0.3) is 21.5 Å². The summed E-state index contributed by atoms with van der Waals surface area (Å²) in [6.45, 7) is 8.82. The molecule has 0 radical (unpaired) electrons. The Hall–Kier alpha value is -4.92. The maximum atomic E-state index is 14.3. The molecule has 5 aromatic rings. The van der Waals surface area contributed by atoms with Crippen LogP contribution in [-0.2, 0) is 9.47 Å². The fourth-order valence-corrected chi connectivity index (χ4v) is 7.90. The maximum Gasteiger partial charge on any atom is 0.258 e. The van der Waals surface area contributed by atoms with Gasteiger partial charge in [-0.25, -0.2) is 0 Å². The van der Waals surface area contributed by atoms with Crippen molar-refractivity contribution in [3.05, 3.63) is 108 Å². The van der Waals surface area contributed by atoms with E-state index in [0.29, 0.717) is 49.6 Å². The van der Waals surface area contributed by atoms with Crippen molar-refractivity contribution in [1.82, 2.24) is 0 Å². The van der Waals surface area contributed by atoms with Gasteiger partial charge in [0.05, 0.1) is 38.6 Å². The Morgan fingerprint density at radius 3 is 1.30 bits per heavy atom. The highest BCUT2D eigenvalue weighted by atomic mass is 16.6. The Labute approximate surface area is 357 Å². The fraction of sp³-hybridized carbons (Fsp3) is 0.462. The van der Waals surface area contributed by atoms with Crippen LogP contribution < -0.4 is 19.3 Å². The van der Waals surface area contributed by atoms with Gasteiger partial charge in [-0.15, -0.1) is 0 Å². The van der Waals surface area contributed by atoms with E-state index in [2.05, 4.69) is 26.0 Å². The summed E-state index contributed by atoms with van der Waals surface area (Å²) >= 11 is 0. The lowest BCUT2D eigenvalue weighted by Gasteiger charge is -2.26. The Kier molecular flexibility index (Phi) is 15.9. The number of epoxide rings is 2. The summed E-state index contributed by atoms with van der Waals surface area (Å²) in [5, 5.41) is 4.10. The number of rotatable bonds is 26. The number of carbonyl (C=O) groups excluding carboxylic acids is 2. The number of anilines is 2. The second-order valence-electron chi connectivity index (χ2n) is 16.6. The number of amides is 2. The molecule has 2 amide bonds. The van der Waals surface area contributed by atoms with Crippen molar-refractivity contribution in [3.63, 3.8) is 0 Å². The highest BCUT2D eigenvalue weighted by Crippen LogP contribution is 2.29. The van der Waals surface area contributed by atoms with Crippen LogP contribution in [0, 0.1) is 0 Å². The molecule has 2 aliphatic rings. The zero-order valence-corrected chi connectivity index (χ0v) is 35.9. The third-order valence-corrected chi connectivity index (χ3v) is 11.7. The van der Waals surface area contributed by atoms with Crippen LogP contribution in [0.1, 0.15) is 124 Å². The molecule has 8 nitrogen and oxygen atoms in total. The molecular weight excluding hydrogens is 749 g/mol. The van der Waals surface area contributed by atoms with Crippen LogP contribution in [0.3, 0.4) is 0 Å². The first-order chi connectivity index (χ1) is 29.5. The molecule has 5 aromatic carbocycles. The predicted molar refractivity (Wildman–Crippen MR) is 244 cm³/mol. The first kappa shape index (κ1) is 43.2. The van der Waals surface area contributed by atoms with Crippen molar-refractivity contribution in [2.45, 2.75) is 116 Å². The van der Waals surface area contributed by atoms with E-state index in [4.69, 9.17) is 18.9 Å². The molecule has 7 rings (SSSR count). The molecule has 0 bridgehead atoms. The monoisotopic (exact) mass is 812 g/mol. The third kappa shape index (κ3) is 12.6. The van der Waals surface area contributed by atoms with E-state index in [9.17, 15) is 9.59 Å². The van der Waals surface area contributed by atoms with Gasteiger partial charge in [-0.05, 0) is 146 Å². The van der Waals surface area contributed by atoms with Gasteiger partial charge in [-0.2, -0.15) is 0 Å². The van der Waals surface area contributed by atoms with Gasteiger partial charge in [0.2, 0.25) is 0 Å². The Bertz CT molecular complexity index is 1990. The number of benzene rings is 5. The number of nitrogens with zero attached hydrogens (tertiary/aromatic N) is 2. The average Bonchev–Trinajstić information content (AvgIpc) is 4.23. The van der Waals surface area contributed by atoms with E-state index in [0.717, 1.165) is 148 Å². The first-order valence-electron chi connectivity index (χ1n) is 22.8. The molecule has 0 aliphatic carbocycles. The molecule has 2 heterocycles. The summed E-state index contributed by atoms with van der Waals surface area (Å²) < 4.78 is 22.7. The number of hydrogen-bond acceptors (Lipinski definition) is 6. The lowest BCUT2D eigenvalue weighted by Crippen LogP contribution is -2.33. The molecule has 0 saturated carbocycles. The van der Waals surface area contributed by atoms with Gasteiger partial charge in [0.1, 0.15) is 11.5 Å². The zero-order chi connectivity index (χ0) is 41.5. The standard InChI is InChI=1S/C52H64N2O6/c1-3-5-7-11-29-53(51(55)43-19-17-41-35-47(27-21-39(41)33-43)57-31-13-9-15-49-37-59-49)45-23-25-46(26-24-45)54(30-12-8-6-4-2)52(56)44-20-18-42-36-48(28-22-40(42)34-44)58-32-14-10-16-50-38-60-50/h17-28,33-36,49-50H,3-16,29-32,37-38H2,1-2H3. The fourth-order valence-electron chi connectivity index (χ4n) is 7.90. The number of ether oxygens (including phenoxy) is 4. The zero-order valence-electron chi connectivity index (χ0n) is 35.9. The molecule has 2 unspecified atom stereocenters. The van der Waals surface area contributed by atoms with E-state index in [1.54, 1.807) is 0 Å². The van der Waals surface area contributed by atoms with Gasteiger partial charge in [0, 0.05) is 35.6 Å². The molecule has 2 fully saturated rings. The molecule has 0 aromatic heterocycles. The molecule has 0 N–H and O–H groups in total. The summed E-state index contributed by atoms with van der Waals surface area (Å²) in [5.41, 5.74) is 2.97. The van der Waals surface area contributed by atoms with Gasteiger partial charge in [-0.1, -0.05) is 76.6 Å². The van der Waals surface area contributed by atoms with E-state index < -0.39 is 0 Å². The Balaban J connectivity index is 1.04. The lowest BCUT2D eigenvalue weighted by molar-refractivity contribution is 0.0978. The maximum absolute atomic E-state index is 14.3. The molecular formula is C52H64N2O6. The predicted octanol–water partition coefficient (Wildman–Crippen LogP) is 12.3. The number of fused-ring (bicyclic) bond motifs is 2. The summed E-state index contributed by atoms with van der Waals surface area (Å²) in [5.74, 6) is 1.64. The summed E-state index contributed by atoms with van der Waals surface area (Å²) in [4.78, 5) is 32.5. The van der Waals surface area contributed by atoms with Crippen molar-refractivity contribution in [3.8, 4) is 11.5 Å². The Morgan fingerprint density at radius 1 is 0.500 bits per heavy atom. The molecule has 0 spiro atoms. The van der Waals surface area contributed by atoms with Crippen molar-refractivity contribution in [1.29, 1.82) is 0 Å². The first-order valence-corrected chi connectivity index (χ1v) is 22.8. The largest absolute Gasteiger partial charge is 0.494 e. The van der Waals surface area contributed by atoms with E-state index in [-0.39, 0.29) is 11.8 Å². The summed E-state index contributed by atoms with van der Waals surface area (Å²) in [6, 6.07) is 32.1. The number of hydrogen-bond donors (Lipinski definition) is 0. The Morgan fingerprint density at radius 2 is 0.900 bits per heavy atom. The molecule has 2 aliphatic heterocycles. The van der Waals surface area contributed by atoms with Crippen LogP contribution in [0.4, 0.5) is 11.4 Å². The SMILES string of the molecule is CCCCCCN(C(=O)c1ccc2cc(OCCCCC3CO3)ccc2c1)c1ccc(N(CCCCCC)C(=O)c2ccc3cc(OCCCCC4CO4)ccc3c2)cc1. The molecule has 8 heteroatoms. The summed E-state index contributed by atoms with van der Waals surface area (Å²) in [6.07, 6.45) is 15.8. The highest BCUT2D eigenvalue weighted by molar-refractivity contribution is 6.09. The van der Waals surface area contributed by atoms with Gasteiger partial charge >= 0.3 is 0 Å². The van der Waals surface area contributed by atoms with E-state index in [1.165, 1.54) is 0 Å². The van der Waals surface area contributed by atoms with Gasteiger partial charge in [0.15, 0.2) is 0 Å². The van der Waals surface area contributed by atoms with Crippen LogP contribution in [-0.4, -0.2) is 63.5 Å². The third-order valence-electron chi connectivity index (χ3n) is 11.7. The smallest absolute Gasteiger partial charge is 0.258 e. The minimum absolute atomic E-state index is 0.0259. The van der Waals surface area contributed by atoms with Gasteiger partial charge < -0.3 is 28.7 Å².